The van der Waals surface area contributed by atoms with E-state index in [0.29, 0.717) is 0 Å². The van der Waals surface area contributed by atoms with Crippen LogP contribution in [0, 0.1) is 11.2 Å². The third-order valence-electron chi connectivity index (χ3n) is 1.08. The summed E-state index contributed by atoms with van der Waals surface area (Å²) < 4.78 is 12.7. The Morgan fingerprint density at radius 3 is 2.00 bits per heavy atom. The van der Waals surface area contributed by atoms with E-state index in [1.54, 1.807) is 0 Å². The minimum absolute atomic E-state index is 0. The van der Waals surface area contributed by atoms with E-state index in [2.05, 4.69) is 4.98 Å². The summed E-state index contributed by atoms with van der Waals surface area (Å²) >= 11 is 10.7. The SMILES string of the molecule is N#[N+]c1cc(Cl)c(F)c(Cl)c1.[F-]. The smallest absolute Gasteiger partial charge is 0.388 e. The number of halogens is 4. The number of rotatable bonds is 0. The van der Waals surface area contributed by atoms with Crippen LogP contribution in [0.25, 0.3) is 4.98 Å². The molecule has 0 amide bonds. The highest BCUT2D eigenvalue weighted by Crippen LogP contribution is 2.28. The van der Waals surface area contributed by atoms with Crippen molar-refractivity contribution in [3.05, 3.63) is 33.0 Å². The fraction of sp³-hybridized carbons (Fsp3) is 0. The van der Waals surface area contributed by atoms with Crippen molar-refractivity contribution in [2.45, 2.75) is 0 Å². The van der Waals surface area contributed by atoms with Crippen molar-refractivity contribution in [3.8, 4) is 0 Å². The highest BCUT2D eigenvalue weighted by Gasteiger charge is 2.13. The predicted molar refractivity (Wildman–Crippen MR) is 41.2 cm³/mol. The van der Waals surface area contributed by atoms with Gasteiger partial charge in [-0.1, -0.05) is 23.2 Å². The highest BCUT2D eigenvalue weighted by atomic mass is 35.5. The lowest BCUT2D eigenvalue weighted by Crippen LogP contribution is -3.00. The summed E-state index contributed by atoms with van der Waals surface area (Å²) in [6.45, 7) is 0. The predicted octanol–water partition coefficient (Wildman–Crippen LogP) is 0.621. The van der Waals surface area contributed by atoms with Crippen LogP contribution >= 0.6 is 23.2 Å². The molecule has 0 heterocycles. The first-order valence-electron chi connectivity index (χ1n) is 2.65. The average molecular weight is 211 g/mol. The van der Waals surface area contributed by atoms with Crippen LogP contribution in [-0.2, 0) is 0 Å². The Morgan fingerprint density at radius 1 is 1.25 bits per heavy atom. The zero-order chi connectivity index (χ0) is 8.43. The van der Waals surface area contributed by atoms with Crippen molar-refractivity contribution >= 4 is 28.9 Å². The van der Waals surface area contributed by atoms with Crippen LogP contribution < -0.4 is 4.70 Å². The van der Waals surface area contributed by atoms with Crippen molar-refractivity contribution in [2.75, 3.05) is 0 Å². The van der Waals surface area contributed by atoms with Crippen molar-refractivity contribution in [3.63, 3.8) is 0 Å². The maximum absolute atomic E-state index is 12.7. The molecule has 1 aromatic rings. The molecule has 2 nitrogen and oxygen atoms in total. The van der Waals surface area contributed by atoms with Gasteiger partial charge in [-0.25, -0.2) is 4.39 Å². The van der Waals surface area contributed by atoms with E-state index in [-0.39, 0.29) is 20.4 Å². The van der Waals surface area contributed by atoms with E-state index in [9.17, 15) is 4.39 Å². The fourth-order valence-corrected chi connectivity index (χ4v) is 1.08. The van der Waals surface area contributed by atoms with Crippen LogP contribution in [0.3, 0.4) is 0 Å². The van der Waals surface area contributed by atoms with Gasteiger partial charge in [0.05, 0.1) is 22.2 Å². The summed E-state index contributed by atoms with van der Waals surface area (Å²) in [5.74, 6) is -0.708. The molecule has 0 atom stereocenters. The third-order valence-corrected chi connectivity index (χ3v) is 1.63. The molecule has 0 saturated carbocycles. The van der Waals surface area contributed by atoms with Crippen molar-refractivity contribution in [2.24, 2.45) is 0 Å². The van der Waals surface area contributed by atoms with E-state index in [4.69, 9.17) is 28.6 Å². The van der Waals surface area contributed by atoms with E-state index < -0.39 is 5.82 Å². The van der Waals surface area contributed by atoms with Crippen LogP contribution in [0.4, 0.5) is 10.1 Å². The van der Waals surface area contributed by atoms with Crippen molar-refractivity contribution < 1.29 is 9.09 Å². The normalized spacial score (nSPS) is 8.50. The van der Waals surface area contributed by atoms with Crippen LogP contribution in [0.2, 0.25) is 10.0 Å². The lowest BCUT2D eigenvalue weighted by Gasteiger charge is -1.91. The van der Waals surface area contributed by atoms with E-state index >= 15 is 0 Å². The number of hydrogen-bond donors (Lipinski definition) is 0. The lowest BCUT2D eigenvalue weighted by atomic mass is 10.3. The van der Waals surface area contributed by atoms with Gasteiger partial charge in [0, 0.05) is 0 Å². The quantitative estimate of drug-likeness (QED) is 0.456. The minimum atomic E-state index is -0.708. The van der Waals surface area contributed by atoms with Gasteiger partial charge in [-0.2, -0.15) is 0 Å². The average Bonchev–Trinajstić information content (AvgIpc) is 1.99. The largest absolute Gasteiger partial charge is 1.00 e. The standard InChI is InChI=1S/C6H2Cl2FN2.FH/c7-4-1-3(11-10)2-5(8)6(4)9;/h1-2H;1H/q+1;/p-1. The molecule has 1 aromatic carbocycles. The molecule has 0 aliphatic rings. The maximum atomic E-state index is 12.7. The van der Waals surface area contributed by atoms with Crippen LogP contribution in [0.15, 0.2) is 12.1 Å². The molecule has 64 valence electrons. The summed E-state index contributed by atoms with van der Waals surface area (Å²) in [4.78, 5) is 2.80. The molecule has 0 N–H and O–H groups in total. The Labute approximate surface area is 76.9 Å². The topological polar surface area (TPSA) is 28.1 Å². The molecule has 1 rings (SSSR count). The van der Waals surface area contributed by atoms with Gasteiger partial charge in [0.1, 0.15) is 0 Å². The molecule has 0 aliphatic carbocycles. The maximum Gasteiger partial charge on any atom is 0.388 e. The molecule has 0 radical (unpaired) electrons. The molecule has 12 heavy (non-hydrogen) atoms. The van der Waals surface area contributed by atoms with Gasteiger partial charge in [-0.05, 0) is 0 Å². The number of diazo groups is 1. The zero-order valence-electron chi connectivity index (χ0n) is 5.56. The van der Waals surface area contributed by atoms with Crippen molar-refractivity contribution in [1.29, 1.82) is 5.39 Å². The van der Waals surface area contributed by atoms with E-state index in [1.165, 1.54) is 12.1 Å². The molecule has 0 fully saturated rings. The minimum Gasteiger partial charge on any atom is -1.00 e. The molecule has 0 aromatic heterocycles. The summed E-state index contributed by atoms with van der Waals surface area (Å²) in [6.07, 6.45) is 0. The third kappa shape index (κ3) is 2.03. The van der Waals surface area contributed by atoms with Gasteiger partial charge >= 0.3 is 5.69 Å². The molecule has 0 bridgehead atoms. The Kier molecular flexibility index (Phi) is 3.87. The Hall–Kier alpha value is -0.920. The van der Waals surface area contributed by atoms with Gasteiger partial charge in [0.15, 0.2) is 10.8 Å². The molecule has 0 aliphatic heterocycles. The molecule has 0 spiro atoms. The summed E-state index contributed by atoms with van der Waals surface area (Å²) in [5, 5.41) is 7.94. The van der Waals surface area contributed by atoms with Crippen LogP contribution in [0.1, 0.15) is 0 Å². The van der Waals surface area contributed by atoms with E-state index in [1.807, 2.05) is 0 Å². The Balaban J connectivity index is 0.00000121. The monoisotopic (exact) mass is 210 g/mol. The number of nitrogens with zero attached hydrogens (tertiary/aromatic N) is 2. The summed E-state index contributed by atoms with van der Waals surface area (Å²) in [5.41, 5.74) is 0.126. The molecule has 0 saturated heterocycles. The number of hydrogen-bond acceptors (Lipinski definition) is 1. The van der Waals surface area contributed by atoms with Gasteiger partial charge in [-0.3, -0.25) is 0 Å². The second kappa shape index (κ2) is 4.19. The fourth-order valence-electron chi connectivity index (χ4n) is 0.600. The Bertz CT molecular complexity index is 312. The second-order valence-electron chi connectivity index (χ2n) is 1.82. The molecule has 6 heteroatoms. The first-order valence-corrected chi connectivity index (χ1v) is 3.40. The van der Waals surface area contributed by atoms with Gasteiger partial charge in [-0.15, -0.1) is 0 Å². The first kappa shape index (κ1) is 11.1. The van der Waals surface area contributed by atoms with E-state index in [0.717, 1.165) is 0 Å². The first-order chi connectivity index (χ1) is 5.15. The second-order valence-corrected chi connectivity index (χ2v) is 2.64. The van der Waals surface area contributed by atoms with Crippen LogP contribution in [-0.4, -0.2) is 0 Å². The summed E-state index contributed by atoms with van der Waals surface area (Å²) in [6, 6.07) is 2.34. The zero-order valence-corrected chi connectivity index (χ0v) is 7.07. The van der Waals surface area contributed by atoms with Crippen LogP contribution in [0.5, 0.6) is 0 Å². The highest BCUT2D eigenvalue weighted by molar-refractivity contribution is 6.35. The van der Waals surface area contributed by atoms with Gasteiger partial charge in [0.2, 0.25) is 5.39 Å². The Morgan fingerprint density at radius 2 is 1.67 bits per heavy atom. The number of benzene rings is 1. The molecular formula is C6H2Cl2F2N2. The van der Waals surface area contributed by atoms with Gasteiger partial charge < -0.3 is 4.70 Å². The van der Waals surface area contributed by atoms with Gasteiger partial charge in [0.25, 0.3) is 0 Å². The lowest BCUT2D eigenvalue weighted by molar-refractivity contribution is -0.00000284. The molecular weight excluding hydrogens is 209 g/mol. The summed E-state index contributed by atoms with van der Waals surface area (Å²) in [7, 11) is 0. The molecule has 0 unspecified atom stereocenters. The van der Waals surface area contributed by atoms with Crippen molar-refractivity contribution in [1.82, 2.24) is 0 Å².